The van der Waals surface area contributed by atoms with Gasteiger partial charge in [0.15, 0.2) is 11.7 Å². The minimum Gasteiger partial charge on any atom is -0.494 e. The Balaban J connectivity index is 1.84. The first-order chi connectivity index (χ1) is 12.7. The van der Waals surface area contributed by atoms with Crippen LogP contribution in [0.1, 0.15) is 30.0 Å². The molecule has 0 saturated heterocycles. The molecule has 0 aliphatic carbocycles. The van der Waals surface area contributed by atoms with E-state index in [4.69, 9.17) is 9.15 Å². The van der Waals surface area contributed by atoms with Crippen LogP contribution in [-0.4, -0.2) is 38.1 Å². The summed E-state index contributed by atoms with van der Waals surface area (Å²) in [4.78, 5) is 16.4. The quantitative estimate of drug-likeness (QED) is 0.363. The summed E-state index contributed by atoms with van der Waals surface area (Å²) in [7, 11) is 0. The van der Waals surface area contributed by atoms with Gasteiger partial charge in [0.25, 0.3) is 5.91 Å². The Morgan fingerprint density at radius 2 is 1.88 bits per heavy atom. The Bertz CT molecular complexity index is 699. The van der Waals surface area contributed by atoms with Crippen LogP contribution < -0.4 is 20.7 Å². The van der Waals surface area contributed by atoms with E-state index in [0.29, 0.717) is 38.0 Å². The van der Waals surface area contributed by atoms with E-state index in [1.54, 1.807) is 12.1 Å². The molecule has 0 spiro atoms. The predicted octanol–water partition coefficient (Wildman–Crippen LogP) is 2.16. The molecule has 0 bridgehead atoms. The molecule has 0 aliphatic heterocycles. The van der Waals surface area contributed by atoms with Crippen molar-refractivity contribution in [2.24, 2.45) is 4.99 Å². The van der Waals surface area contributed by atoms with Gasteiger partial charge < -0.3 is 25.1 Å². The summed E-state index contributed by atoms with van der Waals surface area (Å²) in [6.07, 6.45) is 1.48. The molecular weight excluding hydrogens is 332 g/mol. The Morgan fingerprint density at radius 1 is 1.08 bits per heavy atom. The van der Waals surface area contributed by atoms with E-state index in [1.807, 2.05) is 38.1 Å². The van der Waals surface area contributed by atoms with E-state index in [0.717, 1.165) is 17.9 Å². The maximum Gasteiger partial charge on any atom is 0.287 e. The highest BCUT2D eigenvalue weighted by atomic mass is 16.5. The highest BCUT2D eigenvalue weighted by Crippen LogP contribution is 2.18. The smallest absolute Gasteiger partial charge is 0.287 e. The van der Waals surface area contributed by atoms with Crippen molar-refractivity contribution in [1.29, 1.82) is 0 Å². The molecule has 2 aromatic rings. The molecule has 3 N–H and O–H groups in total. The van der Waals surface area contributed by atoms with Gasteiger partial charge in [-0.1, -0.05) is 18.2 Å². The van der Waals surface area contributed by atoms with Gasteiger partial charge in [0.05, 0.1) is 19.4 Å². The average molecular weight is 358 g/mol. The zero-order chi connectivity index (χ0) is 18.6. The van der Waals surface area contributed by atoms with E-state index in [2.05, 4.69) is 20.9 Å². The van der Waals surface area contributed by atoms with Crippen molar-refractivity contribution in [3.8, 4) is 5.75 Å². The number of hydrogen-bond donors (Lipinski definition) is 3. The number of carbonyl (C=O) groups excluding carboxylic acids is 1. The highest BCUT2D eigenvalue weighted by Gasteiger charge is 2.07. The number of furan rings is 1. The van der Waals surface area contributed by atoms with Gasteiger partial charge in [0.1, 0.15) is 5.75 Å². The lowest BCUT2D eigenvalue weighted by Crippen LogP contribution is -2.41. The van der Waals surface area contributed by atoms with Crippen LogP contribution in [0.25, 0.3) is 0 Å². The number of nitrogens with one attached hydrogen (secondary N) is 3. The normalized spacial score (nSPS) is 11.1. The van der Waals surface area contributed by atoms with Gasteiger partial charge in [-0.2, -0.15) is 0 Å². The zero-order valence-electron chi connectivity index (χ0n) is 15.2. The van der Waals surface area contributed by atoms with Gasteiger partial charge in [0.2, 0.25) is 0 Å². The van der Waals surface area contributed by atoms with Crippen molar-refractivity contribution >= 4 is 11.9 Å². The third-order valence-electron chi connectivity index (χ3n) is 3.47. The maximum absolute atomic E-state index is 11.8. The second-order valence-corrected chi connectivity index (χ2v) is 5.40. The Morgan fingerprint density at radius 3 is 2.62 bits per heavy atom. The molecule has 1 aromatic heterocycles. The van der Waals surface area contributed by atoms with Crippen LogP contribution in [-0.2, 0) is 6.54 Å². The van der Waals surface area contributed by atoms with E-state index in [9.17, 15) is 4.79 Å². The van der Waals surface area contributed by atoms with Crippen molar-refractivity contribution in [3.63, 3.8) is 0 Å². The fourth-order valence-corrected chi connectivity index (χ4v) is 2.29. The SMILES string of the molecule is CCNC(=NCc1ccccc1OCC)NCCNC(=O)c1ccco1. The lowest BCUT2D eigenvalue weighted by molar-refractivity contribution is 0.0926. The molecular formula is C19H26N4O3. The summed E-state index contributed by atoms with van der Waals surface area (Å²) in [6.45, 7) is 6.84. The fraction of sp³-hybridized carbons (Fsp3) is 0.368. The molecule has 140 valence electrons. The van der Waals surface area contributed by atoms with Crippen molar-refractivity contribution in [2.45, 2.75) is 20.4 Å². The predicted molar refractivity (Wildman–Crippen MR) is 101 cm³/mol. The Labute approximate surface area is 153 Å². The number of ether oxygens (including phenoxy) is 1. The van der Waals surface area contributed by atoms with Crippen LogP contribution in [0.15, 0.2) is 52.1 Å². The molecule has 7 nitrogen and oxygen atoms in total. The van der Waals surface area contributed by atoms with Gasteiger partial charge in [-0.3, -0.25) is 4.79 Å². The molecule has 0 unspecified atom stereocenters. The van der Waals surface area contributed by atoms with Crippen LogP contribution in [0.5, 0.6) is 5.75 Å². The number of carbonyl (C=O) groups is 1. The van der Waals surface area contributed by atoms with Crippen LogP contribution >= 0.6 is 0 Å². The number of amides is 1. The Kier molecular flexibility index (Phi) is 8.05. The third-order valence-corrected chi connectivity index (χ3v) is 3.47. The van der Waals surface area contributed by atoms with Gasteiger partial charge in [-0.05, 0) is 32.0 Å². The summed E-state index contributed by atoms with van der Waals surface area (Å²) in [5, 5.41) is 9.17. The van der Waals surface area contributed by atoms with Gasteiger partial charge in [0, 0.05) is 25.2 Å². The summed E-state index contributed by atoms with van der Waals surface area (Å²) < 4.78 is 10.7. The average Bonchev–Trinajstić information content (AvgIpc) is 3.19. The van der Waals surface area contributed by atoms with E-state index in [-0.39, 0.29) is 5.91 Å². The number of guanidine groups is 1. The van der Waals surface area contributed by atoms with Gasteiger partial charge in [-0.15, -0.1) is 0 Å². The molecule has 1 amide bonds. The first kappa shape index (κ1) is 19.4. The zero-order valence-corrected chi connectivity index (χ0v) is 15.2. The largest absolute Gasteiger partial charge is 0.494 e. The highest BCUT2D eigenvalue weighted by molar-refractivity contribution is 5.91. The first-order valence-electron chi connectivity index (χ1n) is 8.79. The van der Waals surface area contributed by atoms with Crippen molar-refractivity contribution in [3.05, 3.63) is 54.0 Å². The number of nitrogens with zero attached hydrogens (tertiary/aromatic N) is 1. The first-order valence-corrected chi connectivity index (χ1v) is 8.79. The van der Waals surface area contributed by atoms with Crippen LogP contribution in [0.3, 0.4) is 0 Å². The lowest BCUT2D eigenvalue weighted by Gasteiger charge is -2.13. The number of benzene rings is 1. The summed E-state index contributed by atoms with van der Waals surface area (Å²) in [5.41, 5.74) is 1.03. The van der Waals surface area contributed by atoms with Crippen LogP contribution in [0, 0.1) is 0 Å². The van der Waals surface area contributed by atoms with E-state index in [1.165, 1.54) is 6.26 Å². The van der Waals surface area contributed by atoms with Gasteiger partial charge in [-0.25, -0.2) is 4.99 Å². The summed E-state index contributed by atoms with van der Waals surface area (Å²) in [6, 6.07) is 11.2. The summed E-state index contributed by atoms with van der Waals surface area (Å²) in [5.74, 6) is 1.61. The monoisotopic (exact) mass is 358 g/mol. The van der Waals surface area contributed by atoms with Gasteiger partial charge >= 0.3 is 0 Å². The molecule has 0 aliphatic rings. The molecule has 0 fully saturated rings. The molecule has 1 aromatic carbocycles. The molecule has 0 atom stereocenters. The van der Waals surface area contributed by atoms with Crippen molar-refractivity contribution in [2.75, 3.05) is 26.2 Å². The molecule has 2 rings (SSSR count). The topological polar surface area (TPSA) is 87.9 Å². The van der Waals surface area contributed by atoms with E-state index >= 15 is 0 Å². The van der Waals surface area contributed by atoms with Crippen molar-refractivity contribution < 1.29 is 13.9 Å². The fourth-order valence-electron chi connectivity index (χ4n) is 2.29. The van der Waals surface area contributed by atoms with Crippen molar-refractivity contribution in [1.82, 2.24) is 16.0 Å². The molecule has 0 radical (unpaired) electrons. The summed E-state index contributed by atoms with van der Waals surface area (Å²) >= 11 is 0. The van der Waals surface area contributed by atoms with E-state index < -0.39 is 0 Å². The standard InChI is InChI=1S/C19H26N4O3/c1-3-20-19(22-12-11-21-18(24)17-10-7-13-26-17)23-14-15-8-5-6-9-16(15)25-4-2/h5-10,13H,3-4,11-12,14H2,1-2H3,(H,21,24)(H2,20,22,23). The molecule has 26 heavy (non-hydrogen) atoms. The number of rotatable bonds is 9. The van der Waals surface area contributed by atoms with Crippen LogP contribution in [0.4, 0.5) is 0 Å². The number of para-hydroxylation sites is 1. The third kappa shape index (κ3) is 6.16. The molecule has 7 heteroatoms. The maximum atomic E-state index is 11.8. The van der Waals surface area contributed by atoms with Crippen LogP contribution in [0.2, 0.25) is 0 Å². The minimum atomic E-state index is -0.232. The second-order valence-electron chi connectivity index (χ2n) is 5.40. The minimum absolute atomic E-state index is 0.232. The molecule has 0 saturated carbocycles. The molecule has 1 heterocycles. The Hall–Kier alpha value is -2.96. The number of aliphatic imine (C=N–C) groups is 1. The second kappa shape index (κ2) is 10.8. The number of hydrogen-bond acceptors (Lipinski definition) is 4. The lowest BCUT2D eigenvalue weighted by atomic mass is 10.2.